The fourth-order valence-electron chi connectivity index (χ4n) is 2.46. The van der Waals surface area contributed by atoms with Crippen molar-refractivity contribution in [1.82, 2.24) is 10.2 Å². The molecule has 0 saturated carbocycles. The third kappa shape index (κ3) is 5.24. The van der Waals surface area contributed by atoms with Crippen LogP contribution in [0.25, 0.3) is 0 Å². The van der Waals surface area contributed by atoms with Gasteiger partial charge >= 0.3 is 0 Å². The largest absolute Gasteiger partial charge is 0.313 e. The van der Waals surface area contributed by atoms with Crippen molar-refractivity contribution in [2.24, 2.45) is 0 Å². The van der Waals surface area contributed by atoms with Gasteiger partial charge < -0.3 is 5.32 Å². The number of sulfone groups is 1. The lowest BCUT2D eigenvalue weighted by Crippen LogP contribution is -2.42. The monoisotopic (exact) mass is 276 g/mol. The molecule has 108 valence electrons. The van der Waals surface area contributed by atoms with Crippen molar-refractivity contribution in [3.63, 3.8) is 0 Å². The molecule has 1 rings (SSSR count). The lowest BCUT2D eigenvalue weighted by Gasteiger charge is -2.28. The van der Waals surface area contributed by atoms with Crippen molar-refractivity contribution < 1.29 is 8.42 Å². The Morgan fingerprint density at radius 1 is 1.33 bits per heavy atom. The number of nitrogens with one attached hydrogen (secondary N) is 1. The molecular formula is C13H28N2O2S. The molecule has 0 bridgehead atoms. The zero-order valence-electron chi connectivity index (χ0n) is 12.0. The van der Waals surface area contributed by atoms with E-state index in [1.54, 1.807) is 6.92 Å². The summed E-state index contributed by atoms with van der Waals surface area (Å²) in [4.78, 5) is 2.34. The van der Waals surface area contributed by atoms with E-state index in [4.69, 9.17) is 0 Å². The second-order valence-corrected chi connectivity index (χ2v) is 7.78. The van der Waals surface area contributed by atoms with E-state index < -0.39 is 9.84 Å². The van der Waals surface area contributed by atoms with Crippen LogP contribution in [0, 0.1) is 0 Å². The highest BCUT2D eigenvalue weighted by Gasteiger charge is 2.23. The van der Waals surface area contributed by atoms with Crippen molar-refractivity contribution in [1.29, 1.82) is 0 Å². The van der Waals surface area contributed by atoms with Crippen LogP contribution in [-0.2, 0) is 9.84 Å². The second-order valence-electron chi connectivity index (χ2n) is 5.31. The molecule has 1 aliphatic heterocycles. The highest BCUT2D eigenvalue weighted by molar-refractivity contribution is 7.91. The fraction of sp³-hybridized carbons (Fsp3) is 1.00. The Bertz CT molecular complexity index is 330. The summed E-state index contributed by atoms with van der Waals surface area (Å²) in [6.07, 6.45) is 3.45. The highest BCUT2D eigenvalue weighted by atomic mass is 32.2. The minimum atomic E-state index is -2.85. The zero-order valence-corrected chi connectivity index (χ0v) is 12.8. The van der Waals surface area contributed by atoms with E-state index in [-0.39, 0.29) is 5.75 Å². The Morgan fingerprint density at radius 3 is 2.67 bits per heavy atom. The smallest absolute Gasteiger partial charge is 0.151 e. The van der Waals surface area contributed by atoms with Gasteiger partial charge in [-0.3, -0.25) is 4.90 Å². The Hall–Kier alpha value is -0.130. The number of rotatable bonds is 6. The lowest BCUT2D eigenvalue weighted by atomic mass is 10.1. The molecule has 0 aromatic heterocycles. The van der Waals surface area contributed by atoms with Crippen LogP contribution in [-0.4, -0.2) is 56.5 Å². The summed E-state index contributed by atoms with van der Waals surface area (Å²) in [7, 11) is -2.85. The van der Waals surface area contributed by atoms with Gasteiger partial charge in [0.15, 0.2) is 9.84 Å². The summed E-state index contributed by atoms with van der Waals surface area (Å²) < 4.78 is 23.2. The van der Waals surface area contributed by atoms with E-state index in [2.05, 4.69) is 24.1 Å². The molecule has 0 spiro atoms. The molecule has 0 amide bonds. The maximum atomic E-state index is 11.6. The molecule has 2 unspecified atom stereocenters. The molecular weight excluding hydrogens is 248 g/mol. The van der Waals surface area contributed by atoms with Crippen LogP contribution < -0.4 is 5.32 Å². The molecule has 0 aromatic carbocycles. The summed E-state index contributed by atoms with van der Waals surface area (Å²) in [6, 6.07) is 0.996. The molecule has 1 saturated heterocycles. The fourth-order valence-corrected chi connectivity index (χ4v) is 3.26. The van der Waals surface area contributed by atoms with Gasteiger partial charge in [0, 0.05) is 30.9 Å². The molecule has 1 aliphatic rings. The van der Waals surface area contributed by atoms with Crippen LogP contribution >= 0.6 is 0 Å². The van der Waals surface area contributed by atoms with Gasteiger partial charge in [-0.25, -0.2) is 8.42 Å². The first kappa shape index (κ1) is 15.9. The Balaban J connectivity index is 2.54. The number of hydrogen-bond acceptors (Lipinski definition) is 4. The Kier molecular flexibility index (Phi) is 6.60. The molecule has 1 fully saturated rings. The quantitative estimate of drug-likeness (QED) is 0.794. The third-order valence-corrected chi connectivity index (χ3v) is 5.52. The molecule has 1 heterocycles. The van der Waals surface area contributed by atoms with Crippen molar-refractivity contribution in [2.45, 2.75) is 52.1 Å². The Labute approximate surface area is 112 Å². The van der Waals surface area contributed by atoms with Crippen molar-refractivity contribution >= 4 is 9.84 Å². The first-order valence-corrected chi connectivity index (χ1v) is 8.98. The molecule has 2 atom stereocenters. The predicted octanol–water partition coefficient (Wildman–Crippen LogP) is 1.27. The van der Waals surface area contributed by atoms with Gasteiger partial charge in [0.2, 0.25) is 0 Å². The van der Waals surface area contributed by atoms with Crippen molar-refractivity contribution in [2.75, 3.05) is 31.1 Å². The van der Waals surface area contributed by atoms with E-state index in [0.717, 1.165) is 19.5 Å². The second kappa shape index (κ2) is 7.46. The Morgan fingerprint density at radius 2 is 2.06 bits per heavy atom. The topological polar surface area (TPSA) is 49.4 Å². The van der Waals surface area contributed by atoms with Gasteiger partial charge in [0.1, 0.15) is 0 Å². The normalized spacial score (nSPS) is 27.1. The number of nitrogens with zero attached hydrogens (tertiary/aromatic N) is 1. The van der Waals surface area contributed by atoms with Crippen molar-refractivity contribution in [3.05, 3.63) is 0 Å². The van der Waals surface area contributed by atoms with E-state index in [9.17, 15) is 8.42 Å². The van der Waals surface area contributed by atoms with E-state index >= 15 is 0 Å². The molecule has 4 nitrogen and oxygen atoms in total. The summed E-state index contributed by atoms with van der Waals surface area (Å²) >= 11 is 0. The predicted molar refractivity (Wildman–Crippen MR) is 76.7 cm³/mol. The van der Waals surface area contributed by atoms with Gasteiger partial charge in [0.25, 0.3) is 0 Å². The molecule has 0 radical (unpaired) electrons. The van der Waals surface area contributed by atoms with E-state index in [0.29, 0.717) is 24.4 Å². The van der Waals surface area contributed by atoms with Crippen LogP contribution in [0.4, 0.5) is 0 Å². The van der Waals surface area contributed by atoms with Gasteiger partial charge in [-0.15, -0.1) is 0 Å². The average molecular weight is 276 g/mol. The van der Waals surface area contributed by atoms with Crippen LogP contribution in [0.5, 0.6) is 0 Å². The van der Waals surface area contributed by atoms with Crippen LogP contribution in [0.15, 0.2) is 0 Å². The first-order valence-electron chi connectivity index (χ1n) is 7.16. The molecule has 0 aliphatic carbocycles. The minimum absolute atomic E-state index is 0.256. The third-order valence-electron chi connectivity index (χ3n) is 3.84. The van der Waals surface area contributed by atoms with Crippen LogP contribution in [0.2, 0.25) is 0 Å². The summed E-state index contributed by atoms with van der Waals surface area (Å²) in [5.41, 5.74) is 0. The maximum absolute atomic E-state index is 11.6. The molecule has 1 N–H and O–H groups in total. The van der Waals surface area contributed by atoms with Crippen LogP contribution in [0.3, 0.4) is 0 Å². The molecule has 18 heavy (non-hydrogen) atoms. The van der Waals surface area contributed by atoms with Gasteiger partial charge in [-0.2, -0.15) is 0 Å². The lowest BCUT2D eigenvalue weighted by molar-refractivity contribution is 0.213. The van der Waals surface area contributed by atoms with E-state index in [1.807, 2.05) is 0 Å². The standard InChI is InChI=1S/C13H28N2O2S/c1-4-6-13-11-15(12(3)7-8-14-13)9-10-18(16,17)5-2/h12-14H,4-11H2,1-3H3. The molecule has 5 heteroatoms. The first-order chi connectivity index (χ1) is 8.48. The molecule has 0 aromatic rings. The highest BCUT2D eigenvalue weighted by Crippen LogP contribution is 2.12. The van der Waals surface area contributed by atoms with Gasteiger partial charge in [0.05, 0.1) is 5.75 Å². The van der Waals surface area contributed by atoms with Crippen molar-refractivity contribution in [3.8, 4) is 0 Å². The van der Waals surface area contributed by atoms with Crippen LogP contribution in [0.1, 0.15) is 40.0 Å². The number of hydrogen-bond donors (Lipinski definition) is 1. The van der Waals surface area contributed by atoms with E-state index in [1.165, 1.54) is 12.8 Å². The van der Waals surface area contributed by atoms with Gasteiger partial charge in [-0.1, -0.05) is 20.3 Å². The minimum Gasteiger partial charge on any atom is -0.313 e. The summed E-state index contributed by atoms with van der Waals surface area (Å²) in [5.74, 6) is 0.554. The summed E-state index contributed by atoms with van der Waals surface area (Å²) in [6.45, 7) is 8.83. The summed E-state index contributed by atoms with van der Waals surface area (Å²) in [5, 5.41) is 3.56. The maximum Gasteiger partial charge on any atom is 0.151 e. The average Bonchev–Trinajstić information content (AvgIpc) is 2.50. The SMILES string of the molecule is CCCC1CN(CCS(=O)(=O)CC)C(C)CCN1. The zero-order chi connectivity index (χ0) is 13.6. The van der Waals surface area contributed by atoms with Gasteiger partial charge in [-0.05, 0) is 26.3 Å².